The van der Waals surface area contributed by atoms with E-state index in [0.29, 0.717) is 12.4 Å². The summed E-state index contributed by atoms with van der Waals surface area (Å²) in [7, 11) is 0. The van der Waals surface area contributed by atoms with Crippen LogP contribution in [0, 0.1) is 12.7 Å². The normalized spacial score (nSPS) is 14.7. The van der Waals surface area contributed by atoms with E-state index in [1.54, 1.807) is 12.1 Å². The predicted octanol–water partition coefficient (Wildman–Crippen LogP) is 4.73. The summed E-state index contributed by atoms with van der Waals surface area (Å²) in [6.07, 6.45) is 0. The maximum absolute atomic E-state index is 13.2. The molecule has 0 aliphatic carbocycles. The van der Waals surface area contributed by atoms with E-state index < -0.39 is 0 Å². The van der Waals surface area contributed by atoms with Crippen LogP contribution in [-0.2, 0) is 13.2 Å². The van der Waals surface area contributed by atoms with Gasteiger partial charge in [-0.2, -0.15) is 0 Å². The number of rotatable bonds is 6. The van der Waals surface area contributed by atoms with Crippen molar-refractivity contribution in [1.82, 2.24) is 9.80 Å². The Hall–Kier alpha value is -2.70. The highest BCUT2D eigenvalue weighted by atomic mass is 32.1. The lowest BCUT2D eigenvalue weighted by atomic mass is 10.1. The maximum atomic E-state index is 13.2. The maximum Gasteiger partial charge on any atom is 0.264 e. The molecule has 1 aliphatic heterocycles. The lowest BCUT2D eigenvalue weighted by Crippen LogP contribution is -2.48. The van der Waals surface area contributed by atoms with E-state index in [-0.39, 0.29) is 11.7 Å². The van der Waals surface area contributed by atoms with Crippen molar-refractivity contribution in [3.05, 3.63) is 87.4 Å². The van der Waals surface area contributed by atoms with Crippen molar-refractivity contribution in [2.24, 2.45) is 0 Å². The van der Waals surface area contributed by atoms with Gasteiger partial charge in [0.2, 0.25) is 0 Å². The summed E-state index contributed by atoms with van der Waals surface area (Å²) >= 11 is 1.44. The molecule has 0 unspecified atom stereocenters. The zero-order chi connectivity index (χ0) is 20.9. The molecule has 0 spiro atoms. The van der Waals surface area contributed by atoms with E-state index in [4.69, 9.17) is 4.74 Å². The van der Waals surface area contributed by atoms with Gasteiger partial charge in [-0.3, -0.25) is 9.69 Å². The molecular formula is C24H25FN2O2S. The Morgan fingerprint density at radius 3 is 2.63 bits per heavy atom. The molecule has 30 heavy (non-hydrogen) atoms. The topological polar surface area (TPSA) is 32.8 Å². The summed E-state index contributed by atoms with van der Waals surface area (Å²) in [4.78, 5) is 17.9. The SMILES string of the molecule is Cc1ccccc1CN1CCN(C(=O)c2cc(COc3cccc(F)c3)cs2)CC1. The Labute approximate surface area is 180 Å². The van der Waals surface area contributed by atoms with Crippen molar-refractivity contribution < 1.29 is 13.9 Å². The molecule has 1 aromatic heterocycles. The van der Waals surface area contributed by atoms with Crippen LogP contribution >= 0.6 is 11.3 Å². The number of halogens is 1. The van der Waals surface area contributed by atoms with Gasteiger partial charge < -0.3 is 9.64 Å². The molecule has 3 aromatic rings. The first kappa shape index (κ1) is 20.6. The molecule has 1 amide bonds. The third kappa shape index (κ3) is 5.07. The molecule has 1 saturated heterocycles. The number of hydrogen-bond donors (Lipinski definition) is 0. The van der Waals surface area contributed by atoms with Crippen molar-refractivity contribution in [3.63, 3.8) is 0 Å². The van der Waals surface area contributed by atoms with Crippen LogP contribution in [0.4, 0.5) is 4.39 Å². The summed E-state index contributed by atoms with van der Waals surface area (Å²) in [5.74, 6) is 0.238. The zero-order valence-electron chi connectivity index (χ0n) is 17.0. The standard InChI is InChI=1S/C24H25FN2O2S/c1-18-5-2-3-6-20(18)15-26-9-11-27(12-10-26)24(28)23-13-19(17-30-23)16-29-22-8-4-7-21(25)14-22/h2-8,13-14,17H,9-12,15-16H2,1H3. The van der Waals surface area contributed by atoms with Gasteiger partial charge in [0.05, 0.1) is 4.88 Å². The Balaban J connectivity index is 1.29. The Bertz CT molecular complexity index is 1010. The Morgan fingerprint density at radius 1 is 1.07 bits per heavy atom. The minimum atomic E-state index is -0.324. The molecular weight excluding hydrogens is 399 g/mol. The molecule has 0 atom stereocenters. The molecule has 0 radical (unpaired) electrons. The average molecular weight is 425 g/mol. The minimum absolute atomic E-state index is 0.0764. The number of nitrogens with zero attached hydrogens (tertiary/aromatic N) is 2. The fraction of sp³-hybridized carbons (Fsp3) is 0.292. The molecule has 1 fully saturated rings. The van der Waals surface area contributed by atoms with Crippen LogP contribution in [0.25, 0.3) is 0 Å². The van der Waals surface area contributed by atoms with Crippen molar-refractivity contribution in [2.75, 3.05) is 26.2 Å². The third-order valence-corrected chi connectivity index (χ3v) is 6.35. The van der Waals surface area contributed by atoms with Crippen molar-refractivity contribution in [2.45, 2.75) is 20.1 Å². The van der Waals surface area contributed by atoms with Crippen LogP contribution in [0.5, 0.6) is 5.75 Å². The molecule has 156 valence electrons. The molecule has 4 nitrogen and oxygen atoms in total. The number of carbonyl (C=O) groups excluding carboxylic acids is 1. The van der Waals surface area contributed by atoms with Gasteiger partial charge in [-0.05, 0) is 41.6 Å². The number of piperazine rings is 1. The first-order valence-electron chi connectivity index (χ1n) is 10.1. The number of benzene rings is 2. The Kier molecular flexibility index (Phi) is 6.45. The highest BCUT2D eigenvalue weighted by molar-refractivity contribution is 7.12. The summed E-state index contributed by atoms with van der Waals surface area (Å²) in [6, 6.07) is 16.4. The van der Waals surface area contributed by atoms with Gasteiger partial charge in [0.1, 0.15) is 18.2 Å². The van der Waals surface area contributed by atoms with Crippen LogP contribution in [0.3, 0.4) is 0 Å². The first-order chi connectivity index (χ1) is 14.6. The van der Waals surface area contributed by atoms with E-state index >= 15 is 0 Å². The van der Waals surface area contributed by atoms with E-state index in [1.807, 2.05) is 16.3 Å². The molecule has 2 heterocycles. The number of hydrogen-bond acceptors (Lipinski definition) is 4. The monoisotopic (exact) mass is 424 g/mol. The smallest absolute Gasteiger partial charge is 0.264 e. The average Bonchev–Trinajstić information content (AvgIpc) is 3.23. The van der Waals surface area contributed by atoms with Crippen LogP contribution < -0.4 is 4.74 Å². The number of carbonyl (C=O) groups is 1. The number of aryl methyl sites for hydroxylation is 1. The van der Waals surface area contributed by atoms with Crippen molar-refractivity contribution in [3.8, 4) is 5.75 Å². The third-order valence-electron chi connectivity index (χ3n) is 5.38. The quantitative estimate of drug-likeness (QED) is 0.573. The minimum Gasteiger partial charge on any atom is -0.489 e. The number of ether oxygens (including phenoxy) is 1. The van der Waals surface area contributed by atoms with Gasteiger partial charge in [-0.1, -0.05) is 30.3 Å². The predicted molar refractivity (Wildman–Crippen MR) is 117 cm³/mol. The number of amides is 1. The Morgan fingerprint density at radius 2 is 1.87 bits per heavy atom. The molecule has 0 N–H and O–H groups in total. The van der Waals surface area contributed by atoms with Gasteiger partial charge in [0.15, 0.2) is 0 Å². The van der Waals surface area contributed by atoms with Crippen molar-refractivity contribution >= 4 is 17.2 Å². The van der Waals surface area contributed by atoms with Gasteiger partial charge in [0.25, 0.3) is 5.91 Å². The molecule has 1 aliphatic rings. The van der Waals surface area contributed by atoms with Crippen LogP contribution in [0.1, 0.15) is 26.4 Å². The van der Waals surface area contributed by atoms with E-state index in [0.717, 1.165) is 43.2 Å². The summed E-state index contributed by atoms with van der Waals surface area (Å²) in [5, 5.41) is 1.93. The highest BCUT2D eigenvalue weighted by Gasteiger charge is 2.23. The lowest BCUT2D eigenvalue weighted by molar-refractivity contribution is 0.0633. The van der Waals surface area contributed by atoms with Crippen LogP contribution in [-0.4, -0.2) is 41.9 Å². The molecule has 0 saturated carbocycles. The largest absolute Gasteiger partial charge is 0.489 e. The highest BCUT2D eigenvalue weighted by Crippen LogP contribution is 2.21. The van der Waals surface area contributed by atoms with Crippen molar-refractivity contribution in [1.29, 1.82) is 0 Å². The molecule has 6 heteroatoms. The van der Waals surface area contributed by atoms with E-state index in [2.05, 4.69) is 36.1 Å². The molecule has 2 aromatic carbocycles. The molecule has 0 bridgehead atoms. The fourth-order valence-corrected chi connectivity index (χ4v) is 4.44. The van der Waals surface area contributed by atoms with Crippen LogP contribution in [0.2, 0.25) is 0 Å². The van der Waals surface area contributed by atoms with Gasteiger partial charge in [-0.25, -0.2) is 4.39 Å². The van der Waals surface area contributed by atoms with E-state index in [9.17, 15) is 9.18 Å². The second kappa shape index (κ2) is 9.41. The number of thiophene rings is 1. The fourth-order valence-electron chi connectivity index (χ4n) is 3.58. The zero-order valence-corrected chi connectivity index (χ0v) is 17.8. The second-order valence-corrected chi connectivity index (χ2v) is 8.47. The second-order valence-electron chi connectivity index (χ2n) is 7.56. The lowest BCUT2D eigenvalue weighted by Gasteiger charge is -2.34. The molecule has 4 rings (SSSR count). The summed E-state index contributed by atoms with van der Waals surface area (Å²) in [6.45, 7) is 6.60. The van der Waals surface area contributed by atoms with Gasteiger partial charge in [-0.15, -0.1) is 11.3 Å². The van der Waals surface area contributed by atoms with Gasteiger partial charge >= 0.3 is 0 Å². The summed E-state index contributed by atoms with van der Waals surface area (Å²) in [5.41, 5.74) is 3.58. The van der Waals surface area contributed by atoms with Gasteiger partial charge in [0, 0.05) is 44.4 Å². The summed E-state index contributed by atoms with van der Waals surface area (Å²) < 4.78 is 18.9. The van der Waals surface area contributed by atoms with E-state index in [1.165, 1.54) is 34.6 Å². The van der Waals surface area contributed by atoms with Crippen LogP contribution in [0.15, 0.2) is 60.0 Å². The first-order valence-corrected chi connectivity index (χ1v) is 11.0.